The van der Waals surface area contributed by atoms with Crippen LogP contribution in [-0.2, 0) is 28.5 Å². The van der Waals surface area contributed by atoms with E-state index in [9.17, 15) is 18.4 Å². The number of ketones is 2. The van der Waals surface area contributed by atoms with Gasteiger partial charge in [0.05, 0.1) is 12.6 Å². The smallest absolute Gasteiger partial charge is 0.285 e. The van der Waals surface area contributed by atoms with E-state index < -0.39 is 36.1 Å². The summed E-state index contributed by atoms with van der Waals surface area (Å²) in [5.41, 5.74) is 7.15. The number of rotatable bonds is 3. The molecule has 1 heterocycles. The topological polar surface area (TPSA) is 63.4 Å². The molecule has 2 aliphatic rings. The lowest BCUT2D eigenvalue weighted by molar-refractivity contribution is -0.154. The highest BCUT2D eigenvalue weighted by Crippen LogP contribution is 2.39. The first-order valence-corrected chi connectivity index (χ1v) is 7.78. The second-order valence-electron chi connectivity index (χ2n) is 6.90. The standard InChI is InChI=1S/C17H20F2N2O2/c1-9(2)5-10-3-4-12-11(6-10)7-21(8-17(12,18)19)14-13(20)15(22)16(14)23/h3-4,6,9,13-14H,5,7-8,20H2,1-2H3. The van der Waals surface area contributed by atoms with Gasteiger partial charge in [0.15, 0.2) is 0 Å². The van der Waals surface area contributed by atoms with Crippen molar-refractivity contribution in [1.82, 2.24) is 4.90 Å². The number of nitrogens with zero attached hydrogens (tertiary/aromatic N) is 1. The molecule has 1 aliphatic carbocycles. The Kier molecular flexibility index (Phi) is 3.84. The van der Waals surface area contributed by atoms with Gasteiger partial charge in [-0.05, 0) is 23.5 Å². The maximum absolute atomic E-state index is 14.4. The summed E-state index contributed by atoms with van der Waals surface area (Å²) < 4.78 is 28.9. The lowest BCUT2D eigenvalue weighted by Crippen LogP contribution is -2.70. The highest BCUT2D eigenvalue weighted by Gasteiger charge is 2.53. The summed E-state index contributed by atoms with van der Waals surface area (Å²) in [5.74, 6) is -3.96. The molecule has 1 fully saturated rings. The van der Waals surface area contributed by atoms with Gasteiger partial charge in [-0.3, -0.25) is 14.5 Å². The summed E-state index contributed by atoms with van der Waals surface area (Å²) >= 11 is 0. The van der Waals surface area contributed by atoms with Crippen molar-refractivity contribution in [2.45, 2.75) is 44.8 Å². The van der Waals surface area contributed by atoms with Crippen LogP contribution in [0, 0.1) is 5.92 Å². The Morgan fingerprint density at radius 3 is 2.61 bits per heavy atom. The van der Waals surface area contributed by atoms with Crippen LogP contribution in [0.5, 0.6) is 0 Å². The maximum atomic E-state index is 14.4. The Hall–Kier alpha value is -1.66. The summed E-state index contributed by atoms with van der Waals surface area (Å²) in [6.45, 7) is 3.77. The normalized spacial score (nSPS) is 27.0. The molecule has 0 bridgehead atoms. The minimum absolute atomic E-state index is 0.00734. The summed E-state index contributed by atoms with van der Waals surface area (Å²) in [7, 11) is 0. The van der Waals surface area contributed by atoms with Gasteiger partial charge in [-0.15, -0.1) is 0 Å². The molecule has 2 atom stereocenters. The highest BCUT2D eigenvalue weighted by molar-refractivity contribution is 6.48. The predicted molar refractivity (Wildman–Crippen MR) is 81.1 cm³/mol. The quantitative estimate of drug-likeness (QED) is 0.860. The molecule has 2 N–H and O–H groups in total. The molecule has 1 aromatic carbocycles. The molecule has 23 heavy (non-hydrogen) atoms. The van der Waals surface area contributed by atoms with Crippen LogP contribution in [0.25, 0.3) is 0 Å². The van der Waals surface area contributed by atoms with Crippen LogP contribution in [0.2, 0.25) is 0 Å². The molecule has 6 heteroatoms. The van der Waals surface area contributed by atoms with Crippen LogP contribution in [0.15, 0.2) is 18.2 Å². The average molecular weight is 322 g/mol. The number of benzene rings is 1. The van der Waals surface area contributed by atoms with Crippen molar-refractivity contribution in [2.75, 3.05) is 6.54 Å². The number of hydrogen-bond acceptors (Lipinski definition) is 4. The Morgan fingerprint density at radius 2 is 2.00 bits per heavy atom. The Morgan fingerprint density at radius 1 is 1.30 bits per heavy atom. The highest BCUT2D eigenvalue weighted by atomic mass is 19.3. The van der Waals surface area contributed by atoms with Gasteiger partial charge in [0.25, 0.3) is 5.92 Å². The summed E-state index contributed by atoms with van der Waals surface area (Å²) in [4.78, 5) is 24.3. The molecule has 0 spiro atoms. The van der Waals surface area contributed by atoms with Crippen molar-refractivity contribution < 1.29 is 18.4 Å². The number of halogens is 2. The van der Waals surface area contributed by atoms with E-state index in [0.717, 1.165) is 12.0 Å². The maximum Gasteiger partial charge on any atom is 0.285 e. The molecule has 0 radical (unpaired) electrons. The molecular formula is C17H20F2N2O2. The van der Waals surface area contributed by atoms with Gasteiger partial charge in [0.2, 0.25) is 11.6 Å². The van der Waals surface area contributed by atoms with Crippen molar-refractivity contribution in [3.05, 3.63) is 34.9 Å². The van der Waals surface area contributed by atoms with Crippen LogP contribution in [0.1, 0.15) is 30.5 Å². The Balaban J connectivity index is 1.91. The van der Waals surface area contributed by atoms with Crippen molar-refractivity contribution >= 4 is 11.6 Å². The second kappa shape index (κ2) is 5.46. The minimum atomic E-state index is -3.05. The van der Waals surface area contributed by atoms with Gasteiger partial charge in [0, 0.05) is 12.1 Å². The fourth-order valence-electron chi connectivity index (χ4n) is 3.46. The number of carbonyl (C=O) groups is 2. The second-order valence-corrected chi connectivity index (χ2v) is 6.90. The molecule has 0 amide bonds. The minimum Gasteiger partial charge on any atom is -0.319 e. The molecule has 1 aliphatic heterocycles. The van der Waals surface area contributed by atoms with E-state index >= 15 is 0 Å². The molecule has 0 saturated heterocycles. The molecule has 1 aromatic rings. The predicted octanol–water partition coefficient (Wildman–Crippen LogP) is 1.64. The fraction of sp³-hybridized carbons (Fsp3) is 0.529. The lowest BCUT2D eigenvalue weighted by Gasteiger charge is -2.43. The SMILES string of the molecule is CC(C)Cc1ccc2c(c1)CN(C1C(=O)C(=O)C1N)CC2(F)F. The average Bonchev–Trinajstić information content (AvgIpc) is 2.45. The van der Waals surface area contributed by atoms with Crippen LogP contribution in [-0.4, -0.2) is 35.1 Å². The molecule has 124 valence electrons. The number of Topliss-reactive ketones (excluding diaryl/α,β-unsaturated/α-hetero) is 2. The van der Waals surface area contributed by atoms with E-state index in [2.05, 4.69) is 13.8 Å². The van der Waals surface area contributed by atoms with Crippen LogP contribution in [0.4, 0.5) is 8.78 Å². The van der Waals surface area contributed by atoms with Gasteiger partial charge in [-0.25, -0.2) is 0 Å². The van der Waals surface area contributed by atoms with Crippen molar-refractivity contribution in [3.8, 4) is 0 Å². The van der Waals surface area contributed by atoms with E-state index in [0.29, 0.717) is 11.5 Å². The number of carbonyl (C=O) groups excluding carboxylic acids is 2. The Bertz CT molecular complexity index is 673. The first kappa shape index (κ1) is 16.2. The summed E-state index contributed by atoms with van der Waals surface area (Å²) in [5, 5.41) is 0. The van der Waals surface area contributed by atoms with E-state index in [1.165, 1.54) is 11.0 Å². The largest absolute Gasteiger partial charge is 0.319 e. The number of hydrogen-bond donors (Lipinski definition) is 1. The zero-order chi connectivity index (χ0) is 16.9. The summed E-state index contributed by atoms with van der Waals surface area (Å²) in [6, 6.07) is 3.10. The van der Waals surface area contributed by atoms with Crippen LogP contribution < -0.4 is 5.73 Å². The molecule has 0 aromatic heterocycles. The lowest BCUT2D eigenvalue weighted by atomic mass is 9.80. The molecule has 4 nitrogen and oxygen atoms in total. The van der Waals surface area contributed by atoms with Crippen molar-refractivity contribution in [1.29, 1.82) is 0 Å². The molecular weight excluding hydrogens is 302 g/mol. The van der Waals surface area contributed by atoms with Gasteiger partial charge in [0.1, 0.15) is 6.04 Å². The zero-order valence-corrected chi connectivity index (χ0v) is 13.2. The number of nitrogens with two attached hydrogens (primary N) is 1. The van der Waals surface area contributed by atoms with Crippen LogP contribution in [0.3, 0.4) is 0 Å². The fourth-order valence-corrected chi connectivity index (χ4v) is 3.46. The van der Waals surface area contributed by atoms with Gasteiger partial charge in [-0.2, -0.15) is 8.78 Å². The third-order valence-electron chi connectivity index (χ3n) is 4.53. The molecule has 2 unspecified atom stereocenters. The van der Waals surface area contributed by atoms with E-state index in [4.69, 9.17) is 5.73 Å². The summed E-state index contributed by atoms with van der Waals surface area (Å²) in [6.07, 6.45) is 0.805. The van der Waals surface area contributed by atoms with Crippen LogP contribution >= 0.6 is 0 Å². The Labute approximate surface area is 133 Å². The third kappa shape index (κ3) is 2.70. The molecule has 3 rings (SSSR count). The number of alkyl halides is 2. The van der Waals surface area contributed by atoms with E-state index in [1.54, 1.807) is 12.1 Å². The van der Waals surface area contributed by atoms with E-state index in [-0.39, 0.29) is 12.1 Å². The van der Waals surface area contributed by atoms with Gasteiger partial charge < -0.3 is 5.73 Å². The van der Waals surface area contributed by atoms with E-state index in [1.807, 2.05) is 0 Å². The van der Waals surface area contributed by atoms with Crippen molar-refractivity contribution in [2.24, 2.45) is 11.7 Å². The third-order valence-corrected chi connectivity index (χ3v) is 4.53. The first-order chi connectivity index (χ1) is 10.7. The first-order valence-electron chi connectivity index (χ1n) is 7.78. The van der Waals surface area contributed by atoms with Gasteiger partial charge in [-0.1, -0.05) is 32.0 Å². The zero-order valence-electron chi connectivity index (χ0n) is 13.2. The monoisotopic (exact) mass is 322 g/mol. The van der Waals surface area contributed by atoms with Gasteiger partial charge >= 0.3 is 0 Å². The molecule has 1 saturated carbocycles. The van der Waals surface area contributed by atoms with Crippen molar-refractivity contribution in [3.63, 3.8) is 0 Å². The number of fused-ring (bicyclic) bond motifs is 1.